The van der Waals surface area contributed by atoms with E-state index in [2.05, 4.69) is 5.32 Å². The Kier molecular flexibility index (Phi) is 7.39. The Balaban J connectivity index is 1.73. The van der Waals surface area contributed by atoms with E-state index < -0.39 is 38.0 Å². The molecule has 0 aromatic heterocycles. The third-order valence-corrected chi connectivity index (χ3v) is 5.84. The lowest BCUT2D eigenvalue weighted by Gasteiger charge is -2.24. The van der Waals surface area contributed by atoms with Gasteiger partial charge in [-0.3, -0.25) is 14.9 Å². The van der Waals surface area contributed by atoms with E-state index in [1.165, 1.54) is 0 Å². The fraction of sp³-hybridized carbons (Fsp3) is 0.381. The van der Waals surface area contributed by atoms with Crippen LogP contribution in [0.25, 0.3) is 0 Å². The number of sulfonamides is 1. The molecule has 1 heterocycles. The van der Waals surface area contributed by atoms with E-state index in [0.29, 0.717) is 24.7 Å². The summed E-state index contributed by atoms with van der Waals surface area (Å²) in [5.41, 5.74) is 0.198. The fourth-order valence-corrected chi connectivity index (χ4v) is 3.84. The van der Waals surface area contributed by atoms with Gasteiger partial charge in [-0.05, 0) is 35.7 Å². The topological polar surface area (TPSA) is 160 Å². The van der Waals surface area contributed by atoms with Gasteiger partial charge in [-0.15, -0.1) is 0 Å². The first kappa shape index (κ1) is 24.3. The van der Waals surface area contributed by atoms with Crippen LogP contribution in [0.15, 0.2) is 41.3 Å². The van der Waals surface area contributed by atoms with Crippen LogP contribution in [0, 0.1) is 16.0 Å². The quantitative estimate of drug-likeness (QED) is 0.431. The van der Waals surface area contributed by atoms with E-state index >= 15 is 0 Å². The molecule has 0 saturated carbocycles. The molecule has 2 aromatic rings. The minimum Gasteiger partial charge on any atom is -0.490 e. The summed E-state index contributed by atoms with van der Waals surface area (Å²) in [6.07, 6.45) is 0.774. The van der Waals surface area contributed by atoms with Crippen LogP contribution in [-0.4, -0.2) is 39.1 Å². The van der Waals surface area contributed by atoms with Gasteiger partial charge in [-0.2, -0.15) is 0 Å². The van der Waals surface area contributed by atoms with Crippen LogP contribution in [0.5, 0.6) is 17.2 Å². The second kappa shape index (κ2) is 10.0. The number of benzene rings is 2. The molecule has 1 amide bonds. The molecule has 2 aromatic carbocycles. The molecule has 1 atom stereocenters. The lowest BCUT2D eigenvalue weighted by Crippen LogP contribution is -2.35. The number of amides is 1. The molecular formula is C21H25N3O8S. The van der Waals surface area contributed by atoms with E-state index in [0.717, 1.165) is 30.2 Å². The van der Waals surface area contributed by atoms with Crippen LogP contribution in [-0.2, 0) is 14.8 Å². The zero-order valence-corrected chi connectivity index (χ0v) is 19.0. The van der Waals surface area contributed by atoms with Crippen LogP contribution >= 0.6 is 0 Å². The zero-order chi connectivity index (χ0) is 24.2. The van der Waals surface area contributed by atoms with Crippen LogP contribution in [0.4, 0.5) is 5.69 Å². The summed E-state index contributed by atoms with van der Waals surface area (Å²) in [7, 11) is -4.13. The Bertz CT molecular complexity index is 1150. The first-order chi connectivity index (χ1) is 15.6. The first-order valence-electron chi connectivity index (χ1n) is 10.2. The average Bonchev–Trinajstić information content (AvgIpc) is 2.99. The molecule has 3 rings (SSSR count). The van der Waals surface area contributed by atoms with Gasteiger partial charge in [0.15, 0.2) is 23.9 Å². The molecule has 3 N–H and O–H groups in total. The molecule has 0 aliphatic carbocycles. The Labute approximate surface area is 191 Å². The monoisotopic (exact) mass is 479 g/mol. The number of carbonyl (C=O) groups excluding carboxylic acids is 1. The molecule has 0 bridgehead atoms. The maximum Gasteiger partial charge on any atom is 0.312 e. The SMILES string of the molecule is CC(C)C(NC(=O)COc1ccc(S(N)(=O)=O)cc1[N+](=O)[O-])c1ccc2c(c1)OCCCO2. The second-order valence-corrected chi connectivity index (χ2v) is 9.33. The molecule has 1 aliphatic heterocycles. The van der Waals surface area contributed by atoms with Crippen molar-refractivity contribution < 1.29 is 32.3 Å². The highest BCUT2D eigenvalue weighted by Crippen LogP contribution is 2.34. The number of nitrogens with one attached hydrogen (secondary N) is 1. The van der Waals surface area contributed by atoms with Gasteiger partial charge < -0.3 is 19.5 Å². The number of hydrogen-bond donors (Lipinski definition) is 2. The van der Waals surface area contributed by atoms with E-state index in [-0.39, 0.29) is 17.7 Å². The van der Waals surface area contributed by atoms with Gasteiger partial charge in [0.25, 0.3) is 5.91 Å². The Morgan fingerprint density at radius 2 is 1.88 bits per heavy atom. The lowest BCUT2D eigenvalue weighted by atomic mass is 9.95. The molecule has 1 unspecified atom stereocenters. The van der Waals surface area contributed by atoms with Gasteiger partial charge in [-0.1, -0.05) is 19.9 Å². The number of fused-ring (bicyclic) bond motifs is 1. The van der Waals surface area contributed by atoms with Crippen molar-refractivity contribution in [2.45, 2.75) is 31.2 Å². The number of nitrogens with two attached hydrogens (primary N) is 1. The molecule has 0 radical (unpaired) electrons. The summed E-state index contributed by atoms with van der Waals surface area (Å²) in [5.74, 6) is 0.502. The van der Waals surface area contributed by atoms with Crippen molar-refractivity contribution in [2.75, 3.05) is 19.8 Å². The molecular weight excluding hydrogens is 454 g/mol. The molecule has 0 fully saturated rings. The van der Waals surface area contributed by atoms with Crippen molar-refractivity contribution in [3.8, 4) is 17.2 Å². The minimum absolute atomic E-state index is 0.0158. The molecule has 11 nitrogen and oxygen atoms in total. The maximum atomic E-state index is 12.6. The van der Waals surface area contributed by atoms with Gasteiger partial charge in [-0.25, -0.2) is 13.6 Å². The van der Waals surface area contributed by atoms with Crippen molar-refractivity contribution in [3.63, 3.8) is 0 Å². The standard InChI is InChI=1S/C21H25N3O8S/c1-13(2)21(14-4-6-18-19(10-14)31-9-3-8-30-18)23-20(25)12-32-17-7-5-15(33(22,28)29)11-16(17)24(26)27/h4-7,10-11,13,21H,3,8-9,12H2,1-2H3,(H,23,25)(H2,22,28,29). The van der Waals surface area contributed by atoms with E-state index in [4.69, 9.17) is 19.3 Å². The smallest absolute Gasteiger partial charge is 0.312 e. The fourth-order valence-electron chi connectivity index (χ4n) is 3.31. The van der Waals surface area contributed by atoms with Gasteiger partial charge in [0, 0.05) is 12.5 Å². The summed E-state index contributed by atoms with van der Waals surface area (Å²) in [4.78, 5) is 22.6. The van der Waals surface area contributed by atoms with Crippen LogP contribution in [0.3, 0.4) is 0 Å². The predicted octanol–water partition coefficient (Wildman–Crippen LogP) is 2.30. The summed E-state index contributed by atoms with van der Waals surface area (Å²) in [5, 5.41) is 19.2. The predicted molar refractivity (Wildman–Crippen MR) is 118 cm³/mol. The summed E-state index contributed by atoms with van der Waals surface area (Å²) in [6.45, 7) is 4.46. The van der Waals surface area contributed by atoms with E-state index in [1.54, 1.807) is 6.07 Å². The van der Waals surface area contributed by atoms with Gasteiger partial charge in [0.05, 0.1) is 29.1 Å². The minimum atomic E-state index is -4.13. The second-order valence-electron chi connectivity index (χ2n) is 7.77. The maximum absolute atomic E-state index is 12.6. The summed E-state index contributed by atoms with van der Waals surface area (Å²) in [6, 6.07) is 8.04. The number of hydrogen-bond acceptors (Lipinski definition) is 8. The van der Waals surface area contributed by atoms with Crippen molar-refractivity contribution in [3.05, 3.63) is 52.1 Å². The largest absolute Gasteiger partial charge is 0.490 e. The van der Waals surface area contributed by atoms with Crippen molar-refractivity contribution in [2.24, 2.45) is 11.1 Å². The van der Waals surface area contributed by atoms with Gasteiger partial charge >= 0.3 is 5.69 Å². The average molecular weight is 480 g/mol. The third kappa shape index (κ3) is 6.11. The number of nitro benzene ring substituents is 1. The van der Waals surface area contributed by atoms with E-state index in [9.17, 15) is 23.3 Å². The number of rotatable bonds is 8. The molecule has 1 aliphatic rings. The molecule has 12 heteroatoms. The highest BCUT2D eigenvalue weighted by molar-refractivity contribution is 7.89. The number of primary sulfonamides is 1. The normalized spacial score (nSPS) is 14.3. The Morgan fingerprint density at radius 3 is 2.52 bits per heavy atom. The molecule has 33 heavy (non-hydrogen) atoms. The lowest BCUT2D eigenvalue weighted by molar-refractivity contribution is -0.386. The van der Waals surface area contributed by atoms with Crippen LogP contribution in [0.2, 0.25) is 0 Å². The van der Waals surface area contributed by atoms with Crippen LogP contribution in [0.1, 0.15) is 31.9 Å². The summed E-state index contributed by atoms with van der Waals surface area (Å²) < 4.78 is 39.6. The van der Waals surface area contributed by atoms with Crippen molar-refractivity contribution in [1.82, 2.24) is 5.32 Å². The highest BCUT2D eigenvalue weighted by atomic mass is 32.2. The van der Waals surface area contributed by atoms with Crippen molar-refractivity contribution in [1.29, 1.82) is 0 Å². The number of nitro groups is 1. The van der Waals surface area contributed by atoms with Gasteiger partial charge in [0.1, 0.15) is 0 Å². The first-order valence-corrected chi connectivity index (χ1v) is 11.7. The zero-order valence-electron chi connectivity index (χ0n) is 18.1. The Hall–Kier alpha value is -3.38. The molecule has 178 valence electrons. The van der Waals surface area contributed by atoms with Crippen LogP contribution < -0.4 is 24.7 Å². The van der Waals surface area contributed by atoms with E-state index in [1.807, 2.05) is 26.0 Å². The summed E-state index contributed by atoms with van der Waals surface area (Å²) >= 11 is 0. The molecule has 0 spiro atoms. The van der Waals surface area contributed by atoms with Crippen molar-refractivity contribution >= 4 is 21.6 Å². The number of ether oxygens (including phenoxy) is 3. The third-order valence-electron chi connectivity index (χ3n) is 4.93. The van der Waals surface area contributed by atoms with Gasteiger partial charge in [0.2, 0.25) is 10.0 Å². The number of carbonyl (C=O) groups is 1. The Morgan fingerprint density at radius 1 is 1.18 bits per heavy atom. The molecule has 0 saturated heterocycles. The number of nitrogens with zero attached hydrogens (tertiary/aromatic N) is 1. The highest BCUT2D eigenvalue weighted by Gasteiger charge is 2.24.